The number of likely N-dealkylation sites (tertiary alicyclic amines) is 2. The van der Waals surface area contributed by atoms with Crippen molar-refractivity contribution in [2.75, 3.05) is 51.6 Å². The number of nitrogens with zero attached hydrogens (tertiary/aromatic N) is 6. The normalized spacial score (nSPS) is 20.8. The number of carbonyl (C=O) groups excluding carboxylic acids is 1. The van der Waals surface area contributed by atoms with Crippen LogP contribution in [0.15, 0.2) is 23.1 Å². The molecule has 4 aliphatic rings. The van der Waals surface area contributed by atoms with Crippen LogP contribution in [0.5, 0.6) is 0 Å². The highest BCUT2D eigenvalue weighted by atomic mass is 32.2. The Bertz CT molecular complexity index is 1600. The zero-order valence-corrected chi connectivity index (χ0v) is 31.2. The van der Waals surface area contributed by atoms with Gasteiger partial charge in [-0.2, -0.15) is 18.3 Å². The lowest BCUT2D eigenvalue weighted by molar-refractivity contribution is -0.141. The van der Waals surface area contributed by atoms with Gasteiger partial charge in [0.05, 0.1) is 23.9 Å². The minimum absolute atomic E-state index is 0.0711. The van der Waals surface area contributed by atoms with Crippen molar-refractivity contribution in [3.63, 3.8) is 0 Å². The van der Waals surface area contributed by atoms with Crippen LogP contribution in [0.4, 0.5) is 22.4 Å². The Balaban J connectivity index is 1.31. The summed E-state index contributed by atoms with van der Waals surface area (Å²) in [5.41, 5.74) is -0.267. The predicted octanol–water partition coefficient (Wildman–Crippen LogP) is 6.14. The quantitative estimate of drug-likeness (QED) is 0.209. The van der Waals surface area contributed by atoms with Gasteiger partial charge in [-0.25, -0.2) is 9.18 Å². The monoisotopic (exact) mass is 752 g/mol. The fraction of sp³-hybridized carbons (Fsp3) is 0.703. The number of carbonyl (C=O) groups is 2. The van der Waals surface area contributed by atoms with E-state index in [0.29, 0.717) is 87.4 Å². The van der Waals surface area contributed by atoms with E-state index in [0.717, 1.165) is 49.5 Å². The van der Waals surface area contributed by atoms with E-state index in [1.54, 1.807) is 30.4 Å². The molecule has 0 radical (unpaired) electrons. The van der Waals surface area contributed by atoms with Crippen molar-refractivity contribution in [3.8, 4) is 11.3 Å². The van der Waals surface area contributed by atoms with Gasteiger partial charge in [-0.1, -0.05) is 12.5 Å². The van der Waals surface area contributed by atoms with E-state index in [1.807, 2.05) is 0 Å². The number of halogens is 4. The molecule has 1 saturated carbocycles. The van der Waals surface area contributed by atoms with Crippen molar-refractivity contribution in [3.05, 3.63) is 35.0 Å². The number of thioether (sulfide) groups is 1. The molecule has 3 aliphatic heterocycles. The summed E-state index contributed by atoms with van der Waals surface area (Å²) in [6.45, 7) is 9.98. The third-order valence-corrected chi connectivity index (χ3v) is 11.9. The number of aliphatic hydroxyl groups is 1. The van der Waals surface area contributed by atoms with Crippen LogP contribution in [0.3, 0.4) is 0 Å². The maximum atomic E-state index is 14.3. The summed E-state index contributed by atoms with van der Waals surface area (Å²) in [5, 5.41) is 26.3. The van der Waals surface area contributed by atoms with Crippen LogP contribution in [-0.4, -0.2) is 127 Å². The number of hydrogen-bond donors (Lipinski definition) is 2. The molecule has 1 aromatic carbocycles. The molecule has 1 unspecified atom stereocenters. The molecule has 15 heteroatoms. The fourth-order valence-corrected chi connectivity index (χ4v) is 9.35. The Hall–Kier alpha value is -2.88. The molecular weight excluding hydrogens is 701 g/mol. The molecule has 0 spiro atoms. The highest BCUT2D eigenvalue weighted by molar-refractivity contribution is 7.99. The first kappa shape index (κ1) is 38.8. The molecule has 52 heavy (non-hydrogen) atoms. The summed E-state index contributed by atoms with van der Waals surface area (Å²) in [7, 11) is 0. The number of benzene rings is 1. The van der Waals surface area contributed by atoms with E-state index in [1.165, 1.54) is 23.5 Å². The topological polar surface area (TPSA) is 105 Å². The lowest BCUT2D eigenvalue weighted by Crippen LogP contribution is -2.59. The number of piperidine rings is 2. The zero-order chi connectivity index (χ0) is 37.4. The third-order valence-electron chi connectivity index (χ3n) is 10.9. The molecule has 2 saturated heterocycles. The van der Waals surface area contributed by atoms with Gasteiger partial charge in [0.25, 0.3) is 0 Å². The van der Waals surface area contributed by atoms with Crippen LogP contribution < -0.4 is 0 Å². The van der Waals surface area contributed by atoms with Crippen molar-refractivity contribution in [1.29, 1.82) is 0 Å². The van der Waals surface area contributed by atoms with Gasteiger partial charge in [0.2, 0.25) is 5.91 Å². The summed E-state index contributed by atoms with van der Waals surface area (Å²) in [5.74, 6) is 0.122. The standard InChI is InChI=1S/C37H52F4N6O4S/c1-35(2,3)47(34(50)51)36(12-13-36)33(49)45-18-11-30-28(24-45)32(42-46(30)23-27(48)22-44-14-5-4-6-15-44)25-7-8-29(37(39,40)41)31(21-25)52-20-19-43-16-9-26(38)10-17-43/h7-8,21,26-27,48H,4-6,9-20,22-24H2,1-3H3,(H,50,51). The summed E-state index contributed by atoms with van der Waals surface area (Å²) in [6.07, 6.45) is -1.85. The molecule has 3 fully saturated rings. The molecule has 2 amide bonds. The number of carboxylic acid groups (broad SMARTS) is 1. The smallest absolute Gasteiger partial charge is 0.417 e. The Labute approximate surface area is 307 Å². The van der Waals surface area contributed by atoms with E-state index in [9.17, 15) is 37.4 Å². The number of rotatable bonds is 11. The van der Waals surface area contributed by atoms with E-state index in [2.05, 4.69) is 9.80 Å². The number of fused-ring (bicyclic) bond motifs is 1. The molecule has 0 bridgehead atoms. The first-order valence-corrected chi connectivity index (χ1v) is 19.6. The zero-order valence-electron chi connectivity index (χ0n) is 30.4. The number of β-amino-alcohol motifs (C(OH)–C–C–N with tert-alkyl or cyclic N) is 1. The first-order chi connectivity index (χ1) is 24.6. The molecule has 1 aliphatic carbocycles. The fourth-order valence-electron chi connectivity index (χ4n) is 8.24. The summed E-state index contributed by atoms with van der Waals surface area (Å²) in [4.78, 5) is 34.0. The number of aliphatic hydroxyl groups excluding tert-OH is 1. The van der Waals surface area contributed by atoms with Gasteiger partial charge >= 0.3 is 12.3 Å². The largest absolute Gasteiger partial charge is 0.465 e. The lowest BCUT2D eigenvalue weighted by atomic mass is 9.97. The number of amides is 2. The molecule has 2 aromatic rings. The van der Waals surface area contributed by atoms with Crippen molar-refractivity contribution < 1.29 is 37.4 Å². The van der Waals surface area contributed by atoms with Crippen molar-refractivity contribution in [1.82, 2.24) is 29.4 Å². The molecule has 2 N–H and O–H groups in total. The minimum atomic E-state index is -4.57. The van der Waals surface area contributed by atoms with Gasteiger partial charge in [0.1, 0.15) is 11.7 Å². The molecular formula is C37H52F4N6O4S. The van der Waals surface area contributed by atoms with E-state index in [4.69, 9.17) is 5.10 Å². The Morgan fingerprint density at radius 1 is 1.02 bits per heavy atom. The Morgan fingerprint density at radius 2 is 1.71 bits per heavy atom. The van der Waals surface area contributed by atoms with E-state index < -0.39 is 41.2 Å². The number of aromatic nitrogens is 2. The second kappa shape index (κ2) is 15.5. The molecule has 4 heterocycles. The molecule has 1 atom stereocenters. The molecule has 6 rings (SSSR count). The van der Waals surface area contributed by atoms with Gasteiger partial charge in [-0.3, -0.25) is 14.4 Å². The molecule has 288 valence electrons. The molecule has 1 aromatic heterocycles. The van der Waals surface area contributed by atoms with Gasteiger partial charge in [0.15, 0.2) is 0 Å². The first-order valence-electron chi connectivity index (χ1n) is 18.6. The summed E-state index contributed by atoms with van der Waals surface area (Å²) < 4.78 is 58.2. The Morgan fingerprint density at radius 3 is 2.33 bits per heavy atom. The van der Waals surface area contributed by atoms with Crippen LogP contribution in [0.25, 0.3) is 11.3 Å². The second-order valence-electron chi connectivity index (χ2n) is 15.8. The molecule has 10 nitrogen and oxygen atoms in total. The van der Waals surface area contributed by atoms with Gasteiger partial charge in [0, 0.05) is 78.7 Å². The highest BCUT2D eigenvalue weighted by Crippen LogP contribution is 2.48. The van der Waals surface area contributed by atoms with Crippen molar-refractivity contribution in [2.45, 2.75) is 120 Å². The van der Waals surface area contributed by atoms with Crippen LogP contribution in [0.1, 0.15) is 82.5 Å². The average Bonchev–Trinajstić information content (AvgIpc) is 3.78. The SMILES string of the molecule is CC(C)(C)N(C(=O)O)C1(C(=O)N2CCc3c(c(-c4ccc(C(F)(F)F)c(SCCN5CCC(F)CC5)c4)nn3CC(O)CN3CCCCC3)C2)CC1. The predicted molar refractivity (Wildman–Crippen MR) is 191 cm³/mol. The van der Waals surface area contributed by atoms with E-state index >= 15 is 0 Å². The van der Waals surface area contributed by atoms with Gasteiger partial charge in [-0.05, 0) is 84.5 Å². The van der Waals surface area contributed by atoms with E-state index in [-0.39, 0.29) is 23.9 Å². The maximum Gasteiger partial charge on any atom is 0.417 e. The minimum Gasteiger partial charge on any atom is -0.465 e. The highest BCUT2D eigenvalue weighted by Gasteiger charge is 2.61. The van der Waals surface area contributed by atoms with Crippen molar-refractivity contribution in [2.24, 2.45) is 0 Å². The maximum absolute atomic E-state index is 14.3. The van der Waals surface area contributed by atoms with Crippen LogP contribution >= 0.6 is 11.8 Å². The third kappa shape index (κ3) is 8.57. The number of hydrogen-bond acceptors (Lipinski definition) is 7. The lowest BCUT2D eigenvalue weighted by Gasteiger charge is -2.42. The average molecular weight is 753 g/mol. The van der Waals surface area contributed by atoms with Crippen LogP contribution in [0, 0.1) is 0 Å². The van der Waals surface area contributed by atoms with Crippen LogP contribution in [-0.2, 0) is 30.5 Å². The summed E-state index contributed by atoms with van der Waals surface area (Å²) in [6, 6.07) is 4.03. The van der Waals surface area contributed by atoms with Gasteiger partial charge < -0.3 is 24.9 Å². The Kier molecular flexibility index (Phi) is 11.5. The van der Waals surface area contributed by atoms with Crippen molar-refractivity contribution >= 4 is 23.8 Å². The van der Waals surface area contributed by atoms with Gasteiger partial charge in [-0.15, -0.1) is 11.8 Å². The number of alkyl halides is 4. The summed E-state index contributed by atoms with van der Waals surface area (Å²) >= 11 is 1.12. The van der Waals surface area contributed by atoms with Crippen LogP contribution in [0.2, 0.25) is 0 Å². The second-order valence-corrected chi connectivity index (χ2v) is 17.0.